The predicted octanol–water partition coefficient (Wildman–Crippen LogP) is 8.96. The second-order valence-corrected chi connectivity index (χ2v) is 14.5. The lowest BCUT2D eigenvalue weighted by molar-refractivity contribution is -0.127. The quantitative estimate of drug-likeness (QED) is 0.134. The molecule has 1 unspecified atom stereocenters. The molecule has 0 aliphatic heterocycles. The van der Waals surface area contributed by atoms with E-state index in [-0.39, 0.29) is 34.4 Å². The molecular formula is C43H52N4O6. The number of ether oxygens (including phenoxy) is 3. The molecule has 0 heterocycles. The first-order valence-corrected chi connectivity index (χ1v) is 18.2. The van der Waals surface area contributed by atoms with Gasteiger partial charge in [-0.05, 0) is 96.7 Å². The van der Waals surface area contributed by atoms with Crippen molar-refractivity contribution in [1.29, 1.82) is 5.26 Å². The van der Waals surface area contributed by atoms with E-state index in [1.807, 2.05) is 12.1 Å². The number of nitrogens with one attached hydrogen (secondary N) is 3. The van der Waals surface area contributed by atoms with E-state index in [0.29, 0.717) is 34.9 Å². The Balaban J connectivity index is 1.67. The van der Waals surface area contributed by atoms with Gasteiger partial charge in [0.25, 0.3) is 5.91 Å². The van der Waals surface area contributed by atoms with Gasteiger partial charge in [0.2, 0.25) is 0 Å². The summed E-state index contributed by atoms with van der Waals surface area (Å²) < 4.78 is 18.1. The van der Waals surface area contributed by atoms with Crippen LogP contribution in [0.2, 0.25) is 0 Å². The SMILES string of the molecule is CCCCC(Oc1ccc(C(C)(C)CC)cc1C(C)(C)CC)C(=O)NC1=C(Oc2ccc(OC)cc2)C=C(NC(=O)Nc2ccc(C#N)cc2)C(=O)C1. The second-order valence-electron chi connectivity index (χ2n) is 14.5. The Labute approximate surface area is 313 Å². The first-order chi connectivity index (χ1) is 25.2. The lowest BCUT2D eigenvalue weighted by Gasteiger charge is -2.31. The molecule has 3 N–H and O–H groups in total. The van der Waals surface area contributed by atoms with Gasteiger partial charge in [-0.25, -0.2) is 4.79 Å². The van der Waals surface area contributed by atoms with E-state index in [9.17, 15) is 14.4 Å². The Kier molecular flexibility index (Phi) is 13.5. The number of anilines is 1. The van der Waals surface area contributed by atoms with Gasteiger partial charge < -0.3 is 30.2 Å². The normalized spacial score (nSPS) is 13.7. The summed E-state index contributed by atoms with van der Waals surface area (Å²) in [6, 6.07) is 20.8. The number of carbonyl (C=O) groups excluding carboxylic acids is 3. The fraction of sp³-hybridized carbons (Fsp3) is 0.395. The molecule has 53 heavy (non-hydrogen) atoms. The molecule has 4 rings (SSSR count). The van der Waals surface area contributed by atoms with Crippen LogP contribution in [-0.2, 0) is 20.4 Å². The zero-order valence-corrected chi connectivity index (χ0v) is 32.1. The minimum Gasteiger partial charge on any atom is -0.497 e. The van der Waals surface area contributed by atoms with Crippen LogP contribution < -0.4 is 30.2 Å². The van der Waals surface area contributed by atoms with Crippen LogP contribution in [0.4, 0.5) is 10.5 Å². The molecular weight excluding hydrogens is 668 g/mol. The summed E-state index contributed by atoms with van der Waals surface area (Å²) in [6.45, 7) is 15.2. The van der Waals surface area contributed by atoms with E-state index in [0.717, 1.165) is 31.2 Å². The van der Waals surface area contributed by atoms with Crippen LogP contribution in [0.5, 0.6) is 17.2 Å². The van der Waals surface area contributed by atoms with Crippen molar-refractivity contribution in [2.45, 2.75) is 104 Å². The molecule has 0 fully saturated rings. The Bertz CT molecular complexity index is 1880. The average molecular weight is 721 g/mol. The maximum atomic E-state index is 14.1. The van der Waals surface area contributed by atoms with E-state index in [2.05, 4.69) is 76.5 Å². The summed E-state index contributed by atoms with van der Waals surface area (Å²) >= 11 is 0. The molecule has 10 nitrogen and oxygen atoms in total. The maximum absolute atomic E-state index is 14.1. The summed E-state index contributed by atoms with van der Waals surface area (Å²) in [6.07, 6.45) is 4.24. The summed E-state index contributed by atoms with van der Waals surface area (Å²) in [4.78, 5) is 40.5. The van der Waals surface area contributed by atoms with Crippen molar-refractivity contribution in [3.05, 3.63) is 107 Å². The monoisotopic (exact) mass is 720 g/mol. The van der Waals surface area contributed by atoms with Crippen molar-refractivity contribution in [3.63, 3.8) is 0 Å². The largest absolute Gasteiger partial charge is 0.497 e. The van der Waals surface area contributed by atoms with Crippen molar-refractivity contribution in [2.24, 2.45) is 0 Å². The Morgan fingerprint density at radius 3 is 2.13 bits per heavy atom. The van der Waals surface area contributed by atoms with Gasteiger partial charge in [-0.3, -0.25) is 9.59 Å². The number of nitrogens with zero attached hydrogens (tertiary/aromatic N) is 1. The molecule has 280 valence electrons. The van der Waals surface area contributed by atoms with E-state index in [1.54, 1.807) is 55.6 Å². The number of hydrogen-bond acceptors (Lipinski definition) is 7. The number of unbranched alkanes of at least 4 members (excludes halogenated alkanes) is 1. The molecule has 0 saturated carbocycles. The number of urea groups is 1. The molecule has 1 atom stereocenters. The molecule has 0 bridgehead atoms. The first-order valence-electron chi connectivity index (χ1n) is 18.2. The predicted molar refractivity (Wildman–Crippen MR) is 207 cm³/mol. The molecule has 3 aromatic rings. The second kappa shape index (κ2) is 17.8. The van der Waals surface area contributed by atoms with Gasteiger partial charge in [0, 0.05) is 17.3 Å². The van der Waals surface area contributed by atoms with Gasteiger partial charge >= 0.3 is 6.03 Å². The third kappa shape index (κ3) is 10.5. The number of carbonyl (C=O) groups is 3. The van der Waals surface area contributed by atoms with Gasteiger partial charge in [0.1, 0.15) is 23.0 Å². The van der Waals surface area contributed by atoms with Crippen molar-refractivity contribution in [2.75, 3.05) is 12.4 Å². The molecule has 0 spiro atoms. The van der Waals surface area contributed by atoms with Crippen LogP contribution in [-0.4, -0.2) is 30.9 Å². The zero-order valence-electron chi connectivity index (χ0n) is 32.1. The van der Waals surface area contributed by atoms with Gasteiger partial charge in [-0.2, -0.15) is 5.26 Å². The minimum atomic E-state index is -0.849. The highest BCUT2D eigenvalue weighted by atomic mass is 16.5. The average Bonchev–Trinajstić information content (AvgIpc) is 3.15. The van der Waals surface area contributed by atoms with E-state index in [1.165, 1.54) is 11.6 Å². The third-order valence-electron chi connectivity index (χ3n) is 9.93. The summed E-state index contributed by atoms with van der Waals surface area (Å²) in [5.74, 6) is 1.07. The number of allylic oxidation sites excluding steroid dienone is 3. The van der Waals surface area contributed by atoms with Crippen LogP contribution in [0.25, 0.3) is 0 Å². The smallest absolute Gasteiger partial charge is 0.323 e. The summed E-state index contributed by atoms with van der Waals surface area (Å²) in [5.41, 5.74) is 3.14. The zero-order chi connectivity index (χ0) is 38.8. The fourth-order valence-electron chi connectivity index (χ4n) is 5.62. The molecule has 0 saturated heterocycles. The van der Waals surface area contributed by atoms with Crippen LogP contribution in [0.1, 0.15) is 104 Å². The van der Waals surface area contributed by atoms with Gasteiger partial charge in [0.15, 0.2) is 11.9 Å². The Morgan fingerprint density at radius 1 is 0.868 bits per heavy atom. The minimum absolute atomic E-state index is 0.0158. The van der Waals surface area contributed by atoms with Crippen molar-refractivity contribution >= 4 is 23.4 Å². The number of benzene rings is 3. The highest BCUT2D eigenvalue weighted by Crippen LogP contribution is 2.39. The molecule has 3 aromatic carbocycles. The number of methoxy groups -OCH3 is 1. The van der Waals surface area contributed by atoms with Crippen molar-refractivity contribution in [3.8, 4) is 23.3 Å². The maximum Gasteiger partial charge on any atom is 0.323 e. The van der Waals surface area contributed by atoms with Crippen LogP contribution in [0, 0.1) is 11.3 Å². The fourth-order valence-corrected chi connectivity index (χ4v) is 5.62. The number of Topliss-reactive ketones (excluding diaryl/α,β-unsaturated/α-hetero) is 1. The van der Waals surface area contributed by atoms with Gasteiger partial charge in [-0.15, -0.1) is 0 Å². The lowest BCUT2D eigenvalue weighted by atomic mass is 9.76. The summed E-state index contributed by atoms with van der Waals surface area (Å²) in [5, 5.41) is 17.3. The number of amides is 3. The third-order valence-corrected chi connectivity index (χ3v) is 9.93. The highest BCUT2D eigenvalue weighted by molar-refractivity contribution is 6.04. The molecule has 1 aliphatic rings. The number of rotatable bonds is 16. The van der Waals surface area contributed by atoms with E-state index >= 15 is 0 Å². The molecule has 3 amide bonds. The van der Waals surface area contributed by atoms with E-state index < -0.39 is 23.8 Å². The first kappa shape index (κ1) is 40.2. The van der Waals surface area contributed by atoms with Crippen molar-refractivity contribution in [1.82, 2.24) is 10.6 Å². The number of hydrogen-bond donors (Lipinski definition) is 3. The van der Waals surface area contributed by atoms with Crippen molar-refractivity contribution < 1.29 is 28.6 Å². The molecule has 10 heteroatoms. The number of nitriles is 1. The lowest BCUT2D eigenvalue weighted by Crippen LogP contribution is -2.41. The molecule has 0 radical (unpaired) electrons. The topological polar surface area (TPSA) is 139 Å². The van der Waals surface area contributed by atoms with Crippen LogP contribution >= 0.6 is 0 Å². The van der Waals surface area contributed by atoms with Gasteiger partial charge in [0.05, 0.1) is 36.6 Å². The molecule has 0 aromatic heterocycles. The Morgan fingerprint density at radius 2 is 1.53 bits per heavy atom. The van der Waals surface area contributed by atoms with Gasteiger partial charge in [-0.1, -0.05) is 67.0 Å². The standard InChI is InChI=1S/C43H52N4O6/c1-9-12-13-38(53-37-23-16-29(42(4,5)10-2)24-33(37)43(6,7)11-3)40(49)46-35-25-36(48)34(26-39(35)52-32-21-19-31(51-8)20-22-32)47-41(50)45-30-17-14-28(27-44)15-18-30/h14-24,26,38H,9-13,25H2,1-8H3,(H,46,49)(H2,45,47,50). The number of ketones is 1. The van der Waals surface area contributed by atoms with Crippen LogP contribution in [0.3, 0.4) is 0 Å². The summed E-state index contributed by atoms with van der Waals surface area (Å²) in [7, 11) is 1.56. The van der Waals surface area contributed by atoms with E-state index in [4.69, 9.17) is 19.5 Å². The van der Waals surface area contributed by atoms with Crippen LogP contribution in [0.15, 0.2) is 90.0 Å². The Hall–Kier alpha value is -5.56. The molecule has 1 aliphatic carbocycles. The highest BCUT2D eigenvalue weighted by Gasteiger charge is 2.31.